The van der Waals surface area contributed by atoms with Crippen molar-refractivity contribution in [2.75, 3.05) is 0 Å². The Morgan fingerprint density at radius 1 is 1.13 bits per heavy atom. The summed E-state index contributed by atoms with van der Waals surface area (Å²) in [6.45, 7) is 0. The Bertz CT molecular complexity index is 498. The van der Waals surface area contributed by atoms with Crippen LogP contribution >= 0.6 is 0 Å². The van der Waals surface area contributed by atoms with Gasteiger partial charge in [0.25, 0.3) is 5.56 Å². The van der Waals surface area contributed by atoms with E-state index in [0.29, 0.717) is 17.8 Å². The second-order valence-electron chi connectivity index (χ2n) is 4.43. The van der Waals surface area contributed by atoms with Crippen molar-refractivity contribution in [3.63, 3.8) is 0 Å². The van der Waals surface area contributed by atoms with Gasteiger partial charge in [-0.05, 0) is 24.7 Å². The highest BCUT2D eigenvalue weighted by Crippen LogP contribution is 2.47. The van der Waals surface area contributed by atoms with Gasteiger partial charge in [0.1, 0.15) is 0 Å². The third kappa shape index (κ3) is 1.37. The maximum atomic E-state index is 11.2. The van der Waals surface area contributed by atoms with E-state index in [1.807, 2.05) is 0 Å². The lowest BCUT2D eigenvalue weighted by Crippen LogP contribution is -2.25. The van der Waals surface area contributed by atoms with Gasteiger partial charge >= 0.3 is 5.69 Å². The minimum atomic E-state index is -0.399. The standard InChI is InChI=1S/C11H12N2O2/c14-10-5-9(12-11(15)13-10)8-4-6-1-2-7(8)3-6/h1-2,5-8H,3-4H2,(H2,12,13,14,15)/t6-,7-,8+/m0/s1. The molecule has 0 spiro atoms. The van der Waals surface area contributed by atoms with Gasteiger partial charge in [0.15, 0.2) is 0 Å². The molecule has 4 nitrogen and oxygen atoms in total. The second-order valence-corrected chi connectivity index (χ2v) is 4.43. The van der Waals surface area contributed by atoms with Crippen LogP contribution in [0.25, 0.3) is 0 Å². The SMILES string of the molecule is O=c1cc([C@@H]2C[C@H]3C=C[C@H]2C3)[nH]c(=O)[nH]1. The summed E-state index contributed by atoms with van der Waals surface area (Å²) < 4.78 is 0. The molecule has 0 aromatic carbocycles. The first kappa shape index (κ1) is 8.71. The number of H-pyrrole nitrogens is 2. The first-order valence-corrected chi connectivity index (χ1v) is 5.24. The van der Waals surface area contributed by atoms with Crippen LogP contribution in [0.4, 0.5) is 0 Å². The smallest absolute Gasteiger partial charge is 0.311 e. The normalized spacial score (nSPS) is 32.4. The number of hydrogen-bond acceptors (Lipinski definition) is 2. The van der Waals surface area contributed by atoms with Crippen LogP contribution in [0.15, 0.2) is 27.8 Å². The fourth-order valence-corrected chi connectivity index (χ4v) is 2.83. The van der Waals surface area contributed by atoms with E-state index < -0.39 is 5.69 Å². The Morgan fingerprint density at radius 2 is 2.00 bits per heavy atom. The van der Waals surface area contributed by atoms with E-state index >= 15 is 0 Å². The topological polar surface area (TPSA) is 65.7 Å². The zero-order valence-electron chi connectivity index (χ0n) is 8.19. The minimum absolute atomic E-state index is 0.305. The van der Waals surface area contributed by atoms with Crippen LogP contribution in [-0.4, -0.2) is 9.97 Å². The molecule has 1 saturated carbocycles. The minimum Gasteiger partial charge on any atom is -0.311 e. The van der Waals surface area contributed by atoms with Crippen molar-refractivity contribution >= 4 is 0 Å². The van der Waals surface area contributed by atoms with Crippen LogP contribution in [0.1, 0.15) is 24.5 Å². The van der Waals surface area contributed by atoms with Gasteiger partial charge in [-0.15, -0.1) is 0 Å². The number of hydrogen-bond donors (Lipinski definition) is 2. The third-order valence-corrected chi connectivity index (χ3v) is 3.46. The van der Waals surface area contributed by atoms with Gasteiger partial charge in [0.2, 0.25) is 0 Å². The van der Waals surface area contributed by atoms with Crippen molar-refractivity contribution in [3.8, 4) is 0 Å². The molecule has 0 amide bonds. The lowest BCUT2D eigenvalue weighted by molar-refractivity contribution is 0.565. The summed E-state index contributed by atoms with van der Waals surface area (Å²) in [4.78, 5) is 27.2. The van der Waals surface area contributed by atoms with Crippen LogP contribution in [-0.2, 0) is 0 Å². The molecule has 0 saturated heterocycles. The van der Waals surface area contributed by atoms with Crippen molar-refractivity contribution in [2.45, 2.75) is 18.8 Å². The number of aromatic amines is 2. The fraction of sp³-hybridized carbons (Fsp3) is 0.455. The maximum absolute atomic E-state index is 11.2. The molecule has 3 atom stereocenters. The fourth-order valence-electron chi connectivity index (χ4n) is 2.83. The van der Waals surface area contributed by atoms with Crippen LogP contribution in [0, 0.1) is 11.8 Å². The van der Waals surface area contributed by atoms with Crippen molar-refractivity contribution in [1.29, 1.82) is 0 Å². The van der Waals surface area contributed by atoms with E-state index in [0.717, 1.165) is 12.1 Å². The number of nitrogens with one attached hydrogen (secondary N) is 2. The monoisotopic (exact) mass is 204 g/mol. The largest absolute Gasteiger partial charge is 0.325 e. The highest BCUT2D eigenvalue weighted by molar-refractivity contribution is 5.21. The average Bonchev–Trinajstić information content (AvgIpc) is 2.76. The van der Waals surface area contributed by atoms with Gasteiger partial charge in [0, 0.05) is 17.7 Å². The quantitative estimate of drug-likeness (QED) is 0.663. The van der Waals surface area contributed by atoms with Gasteiger partial charge in [-0.2, -0.15) is 0 Å². The van der Waals surface area contributed by atoms with Gasteiger partial charge in [-0.25, -0.2) is 4.79 Å². The predicted octanol–water partition coefficient (Wildman–Crippen LogP) is 0.743. The molecule has 1 aromatic heterocycles. The summed E-state index contributed by atoms with van der Waals surface area (Å²) in [5, 5.41) is 0. The summed E-state index contributed by atoms with van der Waals surface area (Å²) in [6.07, 6.45) is 6.67. The Labute approximate surface area is 86.0 Å². The van der Waals surface area contributed by atoms with Crippen LogP contribution < -0.4 is 11.2 Å². The van der Waals surface area contributed by atoms with Crippen molar-refractivity contribution in [2.24, 2.45) is 11.8 Å². The number of fused-ring (bicyclic) bond motifs is 2. The van der Waals surface area contributed by atoms with E-state index in [4.69, 9.17) is 0 Å². The Morgan fingerprint density at radius 3 is 2.60 bits per heavy atom. The maximum Gasteiger partial charge on any atom is 0.325 e. The molecule has 2 aliphatic rings. The Kier molecular flexibility index (Phi) is 1.71. The molecule has 0 unspecified atom stereocenters. The van der Waals surface area contributed by atoms with E-state index in [2.05, 4.69) is 22.1 Å². The highest BCUT2D eigenvalue weighted by atomic mass is 16.2. The predicted molar refractivity (Wildman–Crippen MR) is 55.8 cm³/mol. The van der Waals surface area contributed by atoms with Gasteiger partial charge in [-0.1, -0.05) is 12.2 Å². The first-order chi connectivity index (χ1) is 7.22. The summed E-state index contributed by atoms with van der Waals surface area (Å²) in [5.74, 6) is 1.48. The molecule has 78 valence electrons. The van der Waals surface area contributed by atoms with Gasteiger partial charge in [0.05, 0.1) is 0 Å². The lowest BCUT2D eigenvalue weighted by atomic mass is 9.90. The van der Waals surface area contributed by atoms with Crippen LogP contribution in [0.2, 0.25) is 0 Å². The van der Waals surface area contributed by atoms with E-state index in [1.54, 1.807) is 0 Å². The van der Waals surface area contributed by atoms with E-state index in [-0.39, 0.29) is 5.56 Å². The summed E-state index contributed by atoms with van der Waals surface area (Å²) >= 11 is 0. The molecular weight excluding hydrogens is 192 g/mol. The lowest BCUT2D eigenvalue weighted by Gasteiger charge is -2.17. The van der Waals surface area contributed by atoms with Gasteiger partial charge < -0.3 is 4.98 Å². The molecule has 1 aromatic rings. The van der Waals surface area contributed by atoms with Crippen molar-refractivity contribution < 1.29 is 0 Å². The number of aromatic nitrogens is 2. The molecule has 2 bridgehead atoms. The Hall–Kier alpha value is -1.58. The average molecular weight is 204 g/mol. The van der Waals surface area contributed by atoms with Gasteiger partial charge in [-0.3, -0.25) is 9.78 Å². The number of rotatable bonds is 1. The summed E-state index contributed by atoms with van der Waals surface area (Å²) in [5.41, 5.74) is 0.0883. The zero-order valence-corrected chi connectivity index (χ0v) is 8.19. The van der Waals surface area contributed by atoms with Crippen molar-refractivity contribution in [3.05, 3.63) is 44.8 Å². The molecule has 2 aliphatic carbocycles. The molecule has 4 heteroatoms. The third-order valence-electron chi connectivity index (χ3n) is 3.46. The second kappa shape index (κ2) is 2.95. The first-order valence-electron chi connectivity index (χ1n) is 5.24. The molecule has 3 rings (SSSR count). The molecule has 0 aliphatic heterocycles. The molecule has 1 fully saturated rings. The highest BCUT2D eigenvalue weighted by Gasteiger charge is 2.37. The van der Waals surface area contributed by atoms with Crippen LogP contribution in [0.5, 0.6) is 0 Å². The molecule has 2 N–H and O–H groups in total. The molecule has 0 radical (unpaired) electrons. The summed E-state index contributed by atoms with van der Waals surface area (Å²) in [7, 11) is 0. The van der Waals surface area contributed by atoms with E-state index in [9.17, 15) is 9.59 Å². The van der Waals surface area contributed by atoms with E-state index in [1.165, 1.54) is 12.5 Å². The van der Waals surface area contributed by atoms with Crippen molar-refractivity contribution in [1.82, 2.24) is 9.97 Å². The summed E-state index contributed by atoms with van der Waals surface area (Å²) in [6, 6.07) is 1.51. The molecule has 15 heavy (non-hydrogen) atoms. The molecular formula is C11H12N2O2. The molecule has 1 heterocycles. The zero-order chi connectivity index (χ0) is 10.4. The number of allylic oxidation sites excluding steroid dienone is 2. The Balaban J connectivity index is 2.03. The van der Waals surface area contributed by atoms with Crippen LogP contribution in [0.3, 0.4) is 0 Å².